The van der Waals surface area contributed by atoms with Crippen molar-refractivity contribution in [3.8, 4) is 0 Å². The summed E-state index contributed by atoms with van der Waals surface area (Å²) >= 11 is 0. The summed E-state index contributed by atoms with van der Waals surface area (Å²) in [6, 6.07) is 10.3. The lowest BCUT2D eigenvalue weighted by Gasteiger charge is -2.20. The molecular formula is C12H19O2+. The number of benzene rings is 1. The molecule has 0 aromatic heterocycles. The number of rotatable bonds is 5. The molecule has 2 heteroatoms. The van der Waals surface area contributed by atoms with Crippen LogP contribution in [0.5, 0.6) is 0 Å². The van der Waals surface area contributed by atoms with Crippen LogP contribution < -0.4 is 0 Å². The molecule has 1 rings (SSSR count). The van der Waals surface area contributed by atoms with Gasteiger partial charge >= 0.3 is 0 Å². The minimum absolute atomic E-state index is 0.0161. The van der Waals surface area contributed by atoms with Gasteiger partial charge in [-0.2, -0.15) is 0 Å². The molecule has 0 amide bonds. The van der Waals surface area contributed by atoms with E-state index in [2.05, 4.69) is 26.0 Å². The molecule has 1 aromatic rings. The monoisotopic (exact) mass is 195 g/mol. The first-order valence-corrected chi connectivity index (χ1v) is 5.20. The summed E-state index contributed by atoms with van der Waals surface area (Å²) in [5, 5.41) is 7.04. The topological polar surface area (TPSA) is 32.1 Å². The average molecular weight is 195 g/mol. The molecule has 0 aliphatic carbocycles. The molecule has 0 radical (unpaired) electrons. The third-order valence-electron chi connectivity index (χ3n) is 2.67. The average Bonchev–Trinajstić information content (AvgIpc) is 2.27. The highest BCUT2D eigenvalue weighted by Crippen LogP contribution is 2.26. The van der Waals surface area contributed by atoms with Gasteiger partial charge in [0.2, 0.25) is 0 Å². The Morgan fingerprint density at radius 3 is 2.21 bits per heavy atom. The molecule has 0 aliphatic rings. The second-order valence-corrected chi connectivity index (χ2v) is 3.49. The van der Waals surface area contributed by atoms with E-state index in [1.165, 1.54) is 5.56 Å². The maximum atomic E-state index is 7.04. The zero-order valence-electron chi connectivity index (χ0n) is 8.86. The molecule has 0 heterocycles. The Balaban J connectivity index is 2.81. The maximum Gasteiger partial charge on any atom is 0.145 e. The Morgan fingerprint density at radius 1 is 1.14 bits per heavy atom. The first-order valence-electron chi connectivity index (χ1n) is 5.20. The molecule has 0 spiro atoms. The van der Waals surface area contributed by atoms with E-state index >= 15 is 0 Å². The molecule has 2 unspecified atom stereocenters. The van der Waals surface area contributed by atoms with Crippen molar-refractivity contribution in [3.05, 3.63) is 35.9 Å². The first-order chi connectivity index (χ1) is 6.83. The van der Waals surface area contributed by atoms with Crippen LogP contribution in [-0.2, 0) is 4.89 Å². The Kier molecular flexibility index (Phi) is 4.63. The first kappa shape index (κ1) is 11.2. The second kappa shape index (κ2) is 5.78. The van der Waals surface area contributed by atoms with E-state index in [0.29, 0.717) is 5.92 Å². The molecule has 0 aliphatic heterocycles. The molecule has 2 nitrogen and oxygen atoms in total. The van der Waals surface area contributed by atoms with Gasteiger partial charge in [0.25, 0.3) is 0 Å². The summed E-state index contributed by atoms with van der Waals surface area (Å²) in [5.41, 5.74) is 1.27. The molecule has 0 saturated heterocycles. The fourth-order valence-corrected chi connectivity index (χ4v) is 1.86. The van der Waals surface area contributed by atoms with Crippen molar-refractivity contribution in [2.24, 2.45) is 0 Å². The molecule has 1 aromatic carbocycles. The highest BCUT2D eigenvalue weighted by atomic mass is 17.1. The van der Waals surface area contributed by atoms with Crippen molar-refractivity contribution >= 4 is 0 Å². The zero-order chi connectivity index (χ0) is 10.4. The van der Waals surface area contributed by atoms with Gasteiger partial charge in [0.1, 0.15) is 6.10 Å². The summed E-state index contributed by atoms with van der Waals surface area (Å²) in [7, 11) is 0. The Hall–Kier alpha value is -0.860. The molecule has 0 bridgehead atoms. The van der Waals surface area contributed by atoms with E-state index in [1.807, 2.05) is 18.2 Å². The molecule has 0 saturated carbocycles. The minimum Gasteiger partial charge on any atom is -0.260 e. The van der Waals surface area contributed by atoms with E-state index in [1.54, 1.807) is 0 Å². The summed E-state index contributed by atoms with van der Waals surface area (Å²) in [6.07, 6.45) is 1.92. The lowest BCUT2D eigenvalue weighted by atomic mass is 9.90. The van der Waals surface area contributed by atoms with Gasteiger partial charge in [-0.1, -0.05) is 44.2 Å². The standard InChI is InChI=1S/C12H18O2/c1-3-11(12(4-2)14-13)10-8-6-5-7-9-10/h5-9,11-13H,3-4H2,1-2H3/p+1. The normalized spacial score (nSPS) is 15.1. The van der Waals surface area contributed by atoms with Crippen LogP contribution in [0.3, 0.4) is 0 Å². The summed E-state index contributed by atoms with van der Waals surface area (Å²) in [5.74, 6) is 0.346. The Bertz CT molecular complexity index is 242. The summed E-state index contributed by atoms with van der Waals surface area (Å²) < 4.78 is 0. The smallest absolute Gasteiger partial charge is 0.145 e. The van der Waals surface area contributed by atoms with E-state index in [4.69, 9.17) is 10.1 Å². The van der Waals surface area contributed by atoms with Crippen molar-refractivity contribution in [1.82, 2.24) is 0 Å². The van der Waals surface area contributed by atoms with Gasteiger partial charge in [-0.15, -0.1) is 4.89 Å². The summed E-state index contributed by atoms with van der Waals surface area (Å²) in [4.78, 5) is 4.76. The molecular weight excluding hydrogens is 176 g/mol. The van der Waals surface area contributed by atoms with Gasteiger partial charge in [0.15, 0.2) is 0 Å². The van der Waals surface area contributed by atoms with Crippen LogP contribution in [0.1, 0.15) is 38.2 Å². The lowest BCUT2D eigenvalue weighted by Crippen LogP contribution is -2.19. The van der Waals surface area contributed by atoms with Crippen LogP contribution in [0.2, 0.25) is 0 Å². The highest BCUT2D eigenvalue weighted by molar-refractivity contribution is 5.20. The molecule has 2 N–H and O–H groups in total. The van der Waals surface area contributed by atoms with E-state index < -0.39 is 0 Å². The summed E-state index contributed by atoms with van der Waals surface area (Å²) in [6.45, 7) is 4.20. The van der Waals surface area contributed by atoms with Crippen LogP contribution in [0.25, 0.3) is 0 Å². The van der Waals surface area contributed by atoms with Crippen molar-refractivity contribution < 1.29 is 10.1 Å². The third-order valence-corrected chi connectivity index (χ3v) is 2.67. The maximum absolute atomic E-state index is 7.04. The zero-order valence-corrected chi connectivity index (χ0v) is 8.86. The van der Waals surface area contributed by atoms with Crippen LogP contribution >= 0.6 is 0 Å². The lowest BCUT2D eigenvalue weighted by molar-refractivity contribution is -0.284. The van der Waals surface area contributed by atoms with Gasteiger partial charge in [-0.05, 0) is 18.4 Å². The van der Waals surface area contributed by atoms with Gasteiger partial charge < -0.3 is 0 Å². The Labute approximate surface area is 85.5 Å². The van der Waals surface area contributed by atoms with E-state index in [-0.39, 0.29) is 6.10 Å². The second-order valence-electron chi connectivity index (χ2n) is 3.49. The van der Waals surface area contributed by atoms with E-state index in [9.17, 15) is 0 Å². The van der Waals surface area contributed by atoms with Gasteiger partial charge in [-0.25, -0.2) is 0 Å². The third kappa shape index (κ3) is 2.56. The quantitative estimate of drug-likeness (QED) is 0.404. The fraction of sp³-hybridized carbons (Fsp3) is 0.500. The van der Waals surface area contributed by atoms with Crippen molar-refractivity contribution in [1.29, 1.82) is 0 Å². The predicted molar refractivity (Wildman–Crippen MR) is 58.3 cm³/mol. The van der Waals surface area contributed by atoms with Crippen molar-refractivity contribution in [2.75, 3.05) is 0 Å². The number of hydrogen-bond donors (Lipinski definition) is 0. The highest BCUT2D eigenvalue weighted by Gasteiger charge is 2.22. The van der Waals surface area contributed by atoms with Gasteiger partial charge in [-0.3, -0.25) is 5.26 Å². The van der Waals surface area contributed by atoms with Crippen molar-refractivity contribution in [3.63, 3.8) is 0 Å². The van der Waals surface area contributed by atoms with E-state index in [0.717, 1.165) is 12.8 Å². The van der Waals surface area contributed by atoms with Crippen LogP contribution in [0.4, 0.5) is 0 Å². The molecule has 14 heavy (non-hydrogen) atoms. The van der Waals surface area contributed by atoms with Crippen LogP contribution in [0, 0.1) is 0 Å². The largest absolute Gasteiger partial charge is 0.260 e. The fourth-order valence-electron chi connectivity index (χ4n) is 1.86. The predicted octanol–water partition coefficient (Wildman–Crippen LogP) is 2.62. The SMILES string of the molecule is CCC(O[OH2+])C(CC)c1ccccc1. The van der Waals surface area contributed by atoms with Crippen LogP contribution in [0.15, 0.2) is 30.3 Å². The Morgan fingerprint density at radius 2 is 1.79 bits per heavy atom. The van der Waals surface area contributed by atoms with Crippen molar-refractivity contribution in [2.45, 2.75) is 38.7 Å². The molecule has 78 valence electrons. The van der Waals surface area contributed by atoms with Gasteiger partial charge in [0, 0.05) is 5.92 Å². The van der Waals surface area contributed by atoms with Crippen LogP contribution in [-0.4, -0.2) is 11.4 Å². The number of hydrogen-bond acceptors (Lipinski definition) is 1. The minimum atomic E-state index is 0.0161. The van der Waals surface area contributed by atoms with Gasteiger partial charge in [0.05, 0.1) is 0 Å². The molecule has 0 fully saturated rings. The molecule has 2 atom stereocenters.